The Morgan fingerprint density at radius 3 is 2.73 bits per heavy atom. The van der Waals surface area contributed by atoms with E-state index in [0.717, 1.165) is 31.8 Å². The molecule has 0 saturated carbocycles. The van der Waals surface area contributed by atoms with Crippen molar-refractivity contribution in [1.82, 2.24) is 10.2 Å². The van der Waals surface area contributed by atoms with Crippen LogP contribution < -0.4 is 10.1 Å². The maximum absolute atomic E-state index is 12.3. The molecule has 4 nitrogen and oxygen atoms in total. The highest BCUT2D eigenvalue weighted by Gasteiger charge is 2.22. The molecule has 1 saturated heterocycles. The summed E-state index contributed by atoms with van der Waals surface area (Å²) in [4.78, 5) is 14.3. The van der Waals surface area contributed by atoms with Crippen molar-refractivity contribution in [2.45, 2.75) is 33.1 Å². The summed E-state index contributed by atoms with van der Waals surface area (Å²) in [5.41, 5.74) is 2.37. The first-order valence-electron chi connectivity index (χ1n) is 8.22. The van der Waals surface area contributed by atoms with E-state index in [1.807, 2.05) is 24.1 Å². The van der Waals surface area contributed by atoms with Crippen LogP contribution in [0.2, 0.25) is 0 Å². The third kappa shape index (κ3) is 5.02. The molecule has 1 amide bonds. The van der Waals surface area contributed by atoms with Crippen molar-refractivity contribution in [3.05, 3.63) is 29.3 Å². The monoisotopic (exact) mass is 304 g/mol. The molecule has 1 heterocycles. The second-order valence-electron chi connectivity index (χ2n) is 6.33. The highest BCUT2D eigenvalue weighted by atomic mass is 16.5. The van der Waals surface area contributed by atoms with Gasteiger partial charge in [-0.05, 0) is 69.5 Å². The van der Waals surface area contributed by atoms with Crippen LogP contribution in [0.4, 0.5) is 0 Å². The summed E-state index contributed by atoms with van der Waals surface area (Å²) in [5.74, 6) is 1.66. The molecule has 0 radical (unpaired) electrons. The molecule has 4 heteroatoms. The van der Waals surface area contributed by atoms with Crippen LogP contribution in [-0.4, -0.2) is 44.1 Å². The van der Waals surface area contributed by atoms with E-state index in [9.17, 15) is 4.79 Å². The van der Waals surface area contributed by atoms with E-state index in [4.69, 9.17) is 4.74 Å². The van der Waals surface area contributed by atoms with E-state index in [1.165, 1.54) is 17.5 Å². The molecule has 0 aliphatic carbocycles. The minimum Gasteiger partial charge on any atom is -0.493 e. The number of nitrogens with one attached hydrogen (secondary N) is 1. The van der Waals surface area contributed by atoms with Crippen LogP contribution in [0, 0.1) is 19.8 Å². The molecule has 1 aromatic rings. The first kappa shape index (κ1) is 16.8. The van der Waals surface area contributed by atoms with E-state index in [0.29, 0.717) is 18.9 Å². The Morgan fingerprint density at radius 1 is 1.32 bits per heavy atom. The number of carbonyl (C=O) groups excluding carboxylic acids is 1. The lowest BCUT2D eigenvalue weighted by atomic mass is 9.98. The number of benzene rings is 1. The van der Waals surface area contributed by atoms with Gasteiger partial charge in [0.25, 0.3) is 0 Å². The van der Waals surface area contributed by atoms with Crippen molar-refractivity contribution >= 4 is 5.91 Å². The number of aryl methyl sites for hydroxylation is 2. The quantitative estimate of drug-likeness (QED) is 0.878. The first-order valence-corrected chi connectivity index (χ1v) is 8.22. The molecule has 1 atom stereocenters. The number of rotatable bonds is 6. The van der Waals surface area contributed by atoms with Crippen LogP contribution in [0.5, 0.6) is 5.75 Å². The fourth-order valence-electron chi connectivity index (χ4n) is 3.18. The van der Waals surface area contributed by atoms with Crippen molar-refractivity contribution < 1.29 is 9.53 Å². The Bertz CT molecular complexity index is 480. The zero-order chi connectivity index (χ0) is 15.9. The Morgan fingerprint density at radius 2 is 2.05 bits per heavy atom. The first-order chi connectivity index (χ1) is 10.6. The SMILES string of the molecule is CNCC1CCCN(C(=O)CCOc2cc(C)cc(C)c2)C1. The molecular formula is C18H28N2O2. The van der Waals surface area contributed by atoms with Gasteiger partial charge in [0.1, 0.15) is 5.75 Å². The normalized spacial score (nSPS) is 18.3. The van der Waals surface area contributed by atoms with E-state index in [1.54, 1.807) is 0 Å². The second-order valence-corrected chi connectivity index (χ2v) is 6.33. The third-order valence-electron chi connectivity index (χ3n) is 4.14. The molecule has 1 N–H and O–H groups in total. The summed E-state index contributed by atoms with van der Waals surface area (Å²) in [6.07, 6.45) is 2.78. The number of amides is 1. The minimum atomic E-state index is 0.213. The molecule has 2 rings (SSSR count). The van der Waals surface area contributed by atoms with Crippen molar-refractivity contribution in [3.63, 3.8) is 0 Å². The lowest BCUT2D eigenvalue weighted by Crippen LogP contribution is -2.42. The summed E-state index contributed by atoms with van der Waals surface area (Å²) in [6, 6.07) is 6.15. The molecule has 1 aliphatic rings. The molecule has 122 valence electrons. The highest BCUT2D eigenvalue weighted by molar-refractivity contribution is 5.76. The smallest absolute Gasteiger partial charge is 0.226 e. The van der Waals surface area contributed by atoms with Gasteiger partial charge in [0.15, 0.2) is 0 Å². The molecular weight excluding hydrogens is 276 g/mol. The average Bonchev–Trinajstić information content (AvgIpc) is 2.47. The van der Waals surface area contributed by atoms with Crippen LogP contribution >= 0.6 is 0 Å². The van der Waals surface area contributed by atoms with Gasteiger partial charge in [-0.15, -0.1) is 0 Å². The number of likely N-dealkylation sites (tertiary alicyclic amines) is 1. The maximum atomic E-state index is 12.3. The summed E-state index contributed by atoms with van der Waals surface area (Å²) in [6.45, 7) is 7.32. The number of carbonyl (C=O) groups is 1. The third-order valence-corrected chi connectivity index (χ3v) is 4.14. The average molecular weight is 304 g/mol. The Hall–Kier alpha value is -1.55. The van der Waals surface area contributed by atoms with E-state index >= 15 is 0 Å². The molecule has 1 aliphatic heterocycles. The van der Waals surface area contributed by atoms with Crippen LogP contribution in [0.25, 0.3) is 0 Å². The molecule has 1 fully saturated rings. The second kappa shape index (κ2) is 8.18. The summed E-state index contributed by atoms with van der Waals surface area (Å²) >= 11 is 0. The Balaban J connectivity index is 1.77. The highest BCUT2D eigenvalue weighted by Crippen LogP contribution is 2.18. The molecule has 0 aromatic heterocycles. The number of hydrogen-bond donors (Lipinski definition) is 1. The van der Waals surface area contributed by atoms with E-state index in [-0.39, 0.29) is 5.91 Å². The topological polar surface area (TPSA) is 41.6 Å². The summed E-state index contributed by atoms with van der Waals surface area (Å²) in [5, 5.41) is 3.21. The van der Waals surface area contributed by atoms with Crippen LogP contribution in [0.15, 0.2) is 18.2 Å². The standard InChI is InChI=1S/C18H28N2O2/c1-14-9-15(2)11-17(10-14)22-8-6-18(21)20-7-4-5-16(13-20)12-19-3/h9-11,16,19H,4-8,12-13H2,1-3H3. The van der Waals surface area contributed by atoms with Gasteiger partial charge in [-0.1, -0.05) is 6.07 Å². The molecule has 1 unspecified atom stereocenters. The lowest BCUT2D eigenvalue weighted by molar-refractivity contribution is -0.133. The van der Waals surface area contributed by atoms with Crippen molar-refractivity contribution in [2.75, 3.05) is 33.3 Å². The van der Waals surface area contributed by atoms with Gasteiger partial charge in [0.05, 0.1) is 13.0 Å². The Kier molecular flexibility index (Phi) is 6.25. The Labute approximate surface area is 133 Å². The van der Waals surface area contributed by atoms with Crippen LogP contribution in [0.1, 0.15) is 30.4 Å². The fraction of sp³-hybridized carbons (Fsp3) is 0.611. The summed E-state index contributed by atoms with van der Waals surface area (Å²) in [7, 11) is 1.97. The van der Waals surface area contributed by atoms with Gasteiger partial charge in [-0.25, -0.2) is 0 Å². The van der Waals surface area contributed by atoms with Crippen molar-refractivity contribution in [3.8, 4) is 5.75 Å². The molecule has 22 heavy (non-hydrogen) atoms. The zero-order valence-corrected chi connectivity index (χ0v) is 14.0. The van der Waals surface area contributed by atoms with Gasteiger partial charge in [0.2, 0.25) is 5.91 Å². The molecule has 1 aromatic carbocycles. The van der Waals surface area contributed by atoms with Crippen LogP contribution in [-0.2, 0) is 4.79 Å². The number of hydrogen-bond acceptors (Lipinski definition) is 3. The molecule has 0 spiro atoms. The van der Waals surface area contributed by atoms with Gasteiger partial charge >= 0.3 is 0 Å². The van der Waals surface area contributed by atoms with Crippen LogP contribution in [0.3, 0.4) is 0 Å². The minimum absolute atomic E-state index is 0.213. The zero-order valence-electron chi connectivity index (χ0n) is 14.0. The van der Waals surface area contributed by atoms with Gasteiger partial charge in [-0.2, -0.15) is 0 Å². The number of nitrogens with zero attached hydrogens (tertiary/aromatic N) is 1. The van der Waals surface area contributed by atoms with Gasteiger partial charge in [-0.3, -0.25) is 4.79 Å². The van der Waals surface area contributed by atoms with Crippen molar-refractivity contribution in [1.29, 1.82) is 0 Å². The molecule has 0 bridgehead atoms. The predicted octanol–water partition coefficient (Wildman–Crippen LogP) is 2.53. The summed E-state index contributed by atoms with van der Waals surface area (Å²) < 4.78 is 5.74. The maximum Gasteiger partial charge on any atom is 0.226 e. The van der Waals surface area contributed by atoms with E-state index < -0.39 is 0 Å². The van der Waals surface area contributed by atoms with Crippen molar-refractivity contribution in [2.24, 2.45) is 5.92 Å². The van der Waals surface area contributed by atoms with Gasteiger partial charge in [0, 0.05) is 13.1 Å². The van der Waals surface area contributed by atoms with Gasteiger partial charge < -0.3 is 15.0 Å². The number of piperidine rings is 1. The fourth-order valence-corrected chi connectivity index (χ4v) is 3.18. The number of ether oxygens (including phenoxy) is 1. The van der Waals surface area contributed by atoms with E-state index in [2.05, 4.69) is 25.2 Å². The predicted molar refractivity (Wildman–Crippen MR) is 89.3 cm³/mol. The lowest BCUT2D eigenvalue weighted by Gasteiger charge is -2.32. The largest absolute Gasteiger partial charge is 0.493 e.